The Balaban J connectivity index is 0.000000239. The molecular weight excluding hydrogens is 534 g/mol. The van der Waals surface area contributed by atoms with E-state index in [1.807, 2.05) is 12.3 Å². The molecule has 210 valence electrons. The number of oxime groups is 1. The predicted octanol–water partition coefficient (Wildman–Crippen LogP) is 4.83. The molecule has 2 aliphatic rings. The van der Waals surface area contributed by atoms with Gasteiger partial charge in [0, 0.05) is 36.7 Å². The molecule has 3 atom stereocenters. The molecule has 0 saturated carbocycles. The topological polar surface area (TPSA) is 125 Å². The molecule has 2 fully saturated rings. The van der Waals surface area contributed by atoms with Gasteiger partial charge in [-0.3, -0.25) is 19.7 Å². The van der Waals surface area contributed by atoms with Gasteiger partial charge >= 0.3 is 0 Å². The van der Waals surface area contributed by atoms with Crippen molar-refractivity contribution < 1.29 is 14.7 Å². The van der Waals surface area contributed by atoms with E-state index >= 15 is 0 Å². The van der Waals surface area contributed by atoms with Crippen molar-refractivity contribution in [2.24, 2.45) is 15.1 Å². The number of aliphatic hydroxyl groups is 1. The number of aliphatic hydroxyl groups excluding tert-OH is 1. The quantitative estimate of drug-likeness (QED) is 0.122. The number of anilines is 1. The minimum atomic E-state index is -0.594. The normalized spacial score (nSPS) is 20.6. The number of fused-ring (bicyclic) bond motifs is 2. The predicted molar refractivity (Wildman–Crippen MR) is 162 cm³/mol. The molecule has 1 unspecified atom stereocenters. The van der Waals surface area contributed by atoms with Crippen molar-refractivity contribution in [2.45, 2.75) is 57.7 Å². The Bertz CT molecular complexity index is 1150. The third-order valence-electron chi connectivity index (χ3n) is 6.49. The minimum absolute atomic E-state index is 0.542. The lowest BCUT2D eigenvalue weighted by atomic mass is 10.0. The van der Waals surface area contributed by atoms with Gasteiger partial charge in [-0.2, -0.15) is 0 Å². The molecule has 2 N–H and O–H groups in total. The molecule has 0 radical (unpaired) electrons. The van der Waals surface area contributed by atoms with E-state index in [0.29, 0.717) is 47.5 Å². The molecule has 2 aromatic heterocycles. The third kappa shape index (κ3) is 9.06. The highest BCUT2D eigenvalue weighted by molar-refractivity contribution is 8.02. The average molecular weight is 572 g/mol. The molecule has 0 spiro atoms. The lowest BCUT2D eigenvalue weighted by Gasteiger charge is -2.31. The van der Waals surface area contributed by atoms with Gasteiger partial charge < -0.3 is 15.3 Å². The smallest absolute Gasteiger partial charge is 0.151 e. The van der Waals surface area contributed by atoms with Crippen molar-refractivity contribution in [1.82, 2.24) is 14.9 Å². The average Bonchev–Trinajstić information content (AvgIpc) is 3.40. The van der Waals surface area contributed by atoms with E-state index in [2.05, 4.69) is 55.8 Å². The van der Waals surface area contributed by atoms with Gasteiger partial charge in [0.1, 0.15) is 23.5 Å². The zero-order valence-corrected chi connectivity index (χ0v) is 24.4. The number of aryl methyl sites for hydroxylation is 1. The summed E-state index contributed by atoms with van der Waals surface area (Å²) in [7, 11) is 2.22. The maximum absolute atomic E-state index is 10.6. The number of carbonyl (C=O) groups excluding carboxylic acids is 1. The van der Waals surface area contributed by atoms with Crippen LogP contribution in [-0.4, -0.2) is 83.6 Å². The number of aldehydes is 1. The summed E-state index contributed by atoms with van der Waals surface area (Å²) in [5, 5.41) is 19.5. The van der Waals surface area contributed by atoms with Gasteiger partial charge in [-0.25, -0.2) is 9.97 Å². The number of hydrogen-bond acceptors (Lipinski definition) is 12. The summed E-state index contributed by atoms with van der Waals surface area (Å²) in [4.78, 5) is 35.4. The molecule has 12 heteroatoms. The lowest BCUT2D eigenvalue weighted by molar-refractivity contribution is 0.112. The molecule has 39 heavy (non-hydrogen) atoms. The molecule has 2 bridgehead atoms. The maximum atomic E-state index is 10.6. The number of rotatable bonds is 12. The van der Waals surface area contributed by atoms with Crippen LogP contribution < -0.4 is 5.32 Å². The monoisotopic (exact) mass is 571 g/mol. The van der Waals surface area contributed by atoms with Gasteiger partial charge in [0.25, 0.3) is 0 Å². The van der Waals surface area contributed by atoms with Crippen LogP contribution in [0.15, 0.2) is 38.9 Å². The van der Waals surface area contributed by atoms with Crippen molar-refractivity contribution in [1.29, 1.82) is 0 Å². The van der Waals surface area contributed by atoms with E-state index in [0.717, 1.165) is 35.4 Å². The Morgan fingerprint density at radius 1 is 1.36 bits per heavy atom. The fourth-order valence-electron chi connectivity index (χ4n) is 4.34. The van der Waals surface area contributed by atoms with E-state index in [-0.39, 0.29) is 0 Å². The number of hydrogen-bond donors (Lipinski definition) is 2. The number of nitrogens with one attached hydrogen (secondary N) is 1. The number of piperidine rings is 1. The molecule has 0 aliphatic carbocycles. The van der Waals surface area contributed by atoms with Gasteiger partial charge in [0.15, 0.2) is 6.29 Å². The SMILES string of the molecule is C=N/C(=C\SCNc1ccc(C=O)cn1)c1sc(C(C)O)nc1C.C=NCCON=C1C[C@H]2CC[C@@H](C1)N2C. The summed E-state index contributed by atoms with van der Waals surface area (Å²) in [6, 6.07) is 4.85. The largest absolute Gasteiger partial charge is 0.394 e. The van der Waals surface area contributed by atoms with Crippen LogP contribution in [0.4, 0.5) is 5.82 Å². The molecule has 10 nitrogen and oxygen atoms in total. The lowest BCUT2D eigenvalue weighted by Crippen LogP contribution is -2.40. The van der Waals surface area contributed by atoms with Crippen LogP contribution in [0.1, 0.15) is 64.6 Å². The highest BCUT2D eigenvalue weighted by Crippen LogP contribution is 2.33. The fraction of sp³-hybridized carbons (Fsp3) is 0.481. The second kappa shape index (κ2) is 15.6. The van der Waals surface area contributed by atoms with Crippen molar-refractivity contribution in [3.8, 4) is 0 Å². The molecule has 2 aliphatic heterocycles. The number of pyridine rings is 1. The Hall–Kier alpha value is -2.93. The number of aliphatic imine (C=N–C) groups is 2. The Morgan fingerprint density at radius 2 is 2.10 bits per heavy atom. The second-order valence-electron chi connectivity index (χ2n) is 9.28. The van der Waals surface area contributed by atoms with Crippen molar-refractivity contribution in [3.05, 3.63) is 44.9 Å². The number of aromatic nitrogens is 2. The molecular formula is C27H37N7O3S2. The number of carbonyl (C=O) groups is 1. The van der Waals surface area contributed by atoms with Gasteiger partial charge in [0.2, 0.25) is 0 Å². The summed E-state index contributed by atoms with van der Waals surface area (Å²) in [5.74, 6) is 1.29. The molecule has 4 heterocycles. The summed E-state index contributed by atoms with van der Waals surface area (Å²) in [5.41, 5.74) is 3.33. The van der Waals surface area contributed by atoms with Gasteiger partial charge in [-0.15, -0.1) is 23.1 Å². The summed E-state index contributed by atoms with van der Waals surface area (Å²) in [6.07, 6.45) is 6.47. The summed E-state index contributed by atoms with van der Waals surface area (Å²) >= 11 is 2.93. The minimum Gasteiger partial charge on any atom is -0.394 e. The Morgan fingerprint density at radius 3 is 2.67 bits per heavy atom. The number of thioether (sulfide) groups is 1. The van der Waals surface area contributed by atoms with Crippen molar-refractivity contribution in [2.75, 3.05) is 31.4 Å². The van der Waals surface area contributed by atoms with Crippen LogP contribution in [0.25, 0.3) is 5.70 Å². The summed E-state index contributed by atoms with van der Waals surface area (Å²) in [6.45, 7) is 11.8. The molecule has 0 aromatic carbocycles. The number of thiazole rings is 1. The zero-order chi connectivity index (χ0) is 28.2. The van der Waals surface area contributed by atoms with Crippen LogP contribution in [0.3, 0.4) is 0 Å². The first-order chi connectivity index (χ1) is 18.9. The molecule has 2 saturated heterocycles. The van der Waals surface area contributed by atoms with E-state index in [1.54, 1.807) is 19.1 Å². The summed E-state index contributed by atoms with van der Waals surface area (Å²) < 4.78 is 0. The van der Waals surface area contributed by atoms with Gasteiger partial charge in [-0.1, -0.05) is 5.16 Å². The molecule has 4 rings (SSSR count). The van der Waals surface area contributed by atoms with Crippen LogP contribution in [0.2, 0.25) is 0 Å². The van der Waals surface area contributed by atoms with E-state index in [4.69, 9.17) is 4.84 Å². The van der Waals surface area contributed by atoms with Crippen molar-refractivity contribution >= 4 is 60.0 Å². The Labute approximate surface area is 238 Å². The fourth-order valence-corrected chi connectivity index (χ4v) is 6.06. The maximum Gasteiger partial charge on any atom is 0.151 e. The van der Waals surface area contributed by atoms with Gasteiger partial charge in [-0.05, 0) is 64.7 Å². The van der Waals surface area contributed by atoms with Crippen LogP contribution in [0.5, 0.6) is 0 Å². The first-order valence-electron chi connectivity index (χ1n) is 12.8. The van der Waals surface area contributed by atoms with Crippen LogP contribution in [0, 0.1) is 6.92 Å². The highest BCUT2D eigenvalue weighted by Gasteiger charge is 2.36. The van der Waals surface area contributed by atoms with E-state index in [1.165, 1.54) is 47.8 Å². The molecule has 2 aromatic rings. The number of nitrogens with zero attached hydrogens (tertiary/aromatic N) is 6. The zero-order valence-electron chi connectivity index (χ0n) is 22.7. The van der Waals surface area contributed by atoms with Gasteiger partial charge in [0.05, 0.1) is 34.4 Å². The van der Waals surface area contributed by atoms with Crippen molar-refractivity contribution in [3.63, 3.8) is 0 Å². The highest BCUT2D eigenvalue weighted by atomic mass is 32.2. The van der Waals surface area contributed by atoms with E-state index in [9.17, 15) is 9.90 Å². The molecule has 0 amide bonds. The second-order valence-corrected chi connectivity index (χ2v) is 11.2. The standard InChI is InChI=1S/C16H18N4O2S2.C11H19N3O/c1-10-15(24-16(20-10)11(2)22)13(17-3)8-23-9-19-14-5-4-12(7-21)6-18-14;1-12-5-6-15-13-9-7-10-3-4-11(8-9)14(10)2/h4-8,11,22H,3,9H2,1-2H3,(H,18,19);10-11H,1,3-8H2,2H3/b13-8-;/t;10-,11+. The third-order valence-corrected chi connectivity index (χ3v) is 8.54. The van der Waals surface area contributed by atoms with Crippen LogP contribution >= 0.6 is 23.1 Å². The first-order valence-corrected chi connectivity index (χ1v) is 14.6. The van der Waals surface area contributed by atoms with E-state index < -0.39 is 6.10 Å². The van der Waals surface area contributed by atoms with Crippen LogP contribution in [-0.2, 0) is 4.84 Å². The first kappa shape index (κ1) is 30.6. The Kier molecular flexibility index (Phi) is 12.2.